The van der Waals surface area contributed by atoms with Gasteiger partial charge in [0.15, 0.2) is 0 Å². The van der Waals surface area contributed by atoms with Crippen LogP contribution in [0, 0.1) is 12.7 Å². The molecule has 2 N–H and O–H groups in total. The van der Waals surface area contributed by atoms with E-state index in [1.54, 1.807) is 26.1 Å². The van der Waals surface area contributed by atoms with Crippen LogP contribution in [0.4, 0.5) is 10.1 Å². The summed E-state index contributed by atoms with van der Waals surface area (Å²) in [7, 11) is 1.58. The largest absolute Gasteiger partial charge is 0.368 e. The van der Waals surface area contributed by atoms with E-state index in [0.717, 1.165) is 42.1 Å². The summed E-state index contributed by atoms with van der Waals surface area (Å²) in [6, 6.07) is 6.69. The second kappa shape index (κ2) is 9.14. The monoisotopic (exact) mass is 454 g/mol. The van der Waals surface area contributed by atoms with Gasteiger partial charge in [0.2, 0.25) is 0 Å². The number of anilines is 1. The molecule has 33 heavy (non-hydrogen) atoms. The summed E-state index contributed by atoms with van der Waals surface area (Å²) >= 11 is 0. The molecular formula is C23H27FN6O3. The fourth-order valence-electron chi connectivity index (χ4n) is 4.31. The number of aryl methyl sites for hydroxylation is 1. The highest BCUT2D eigenvalue weighted by Crippen LogP contribution is 2.22. The number of carbonyl (C=O) groups excluding carboxylic acids is 1. The maximum absolute atomic E-state index is 14.8. The molecule has 1 fully saturated rings. The maximum atomic E-state index is 14.8. The van der Waals surface area contributed by atoms with Gasteiger partial charge < -0.3 is 15.2 Å². The first-order valence-corrected chi connectivity index (χ1v) is 10.9. The van der Waals surface area contributed by atoms with Crippen LogP contribution in [0.25, 0.3) is 10.9 Å². The Morgan fingerprint density at radius 1 is 1.18 bits per heavy atom. The number of nitrogens with one attached hydrogen (secondary N) is 2. The van der Waals surface area contributed by atoms with Crippen molar-refractivity contribution < 1.29 is 9.18 Å². The highest BCUT2D eigenvalue weighted by molar-refractivity contribution is 5.92. The highest BCUT2D eigenvalue weighted by atomic mass is 19.1. The smallest absolute Gasteiger partial charge is 0.328 e. The number of benzene rings is 1. The predicted octanol–water partition coefficient (Wildman–Crippen LogP) is 1.23. The Balaban J connectivity index is 1.48. The van der Waals surface area contributed by atoms with Crippen LogP contribution in [0.2, 0.25) is 0 Å². The van der Waals surface area contributed by atoms with Crippen molar-refractivity contribution in [2.24, 2.45) is 0 Å². The number of carbonyl (C=O) groups is 1. The molecule has 174 valence electrons. The lowest BCUT2D eigenvalue weighted by atomic mass is 10.1. The lowest BCUT2D eigenvalue weighted by Crippen LogP contribution is -2.46. The van der Waals surface area contributed by atoms with Crippen molar-refractivity contribution in [3.63, 3.8) is 0 Å². The molecule has 0 saturated carbocycles. The Bertz CT molecular complexity index is 1320. The van der Waals surface area contributed by atoms with E-state index in [1.807, 2.05) is 13.0 Å². The molecule has 2 aromatic heterocycles. The Hall–Kier alpha value is -3.53. The van der Waals surface area contributed by atoms with Gasteiger partial charge in [-0.2, -0.15) is 0 Å². The van der Waals surface area contributed by atoms with E-state index in [4.69, 9.17) is 0 Å². The third-order valence-electron chi connectivity index (χ3n) is 6.05. The van der Waals surface area contributed by atoms with Crippen LogP contribution in [-0.2, 0) is 13.1 Å². The second-order valence-electron chi connectivity index (χ2n) is 8.12. The third kappa shape index (κ3) is 4.38. The molecule has 1 amide bonds. The minimum atomic E-state index is -0.623. The Morgan fingerprint density at radius 2 is 1.91 bits per heavy atom. The molecule has 0 atom stereocenters. The van der Waals surface area contributed by atoms with Gasteiger partial charge in [-0.25, -0.2) is 14.2 Å². The van der Waals surface area contributed by atoms with E-state index in [9.17, 15) is 18.8 Å². The number of H-pyrrole nitrogens is 1. The number of piperazine rings is 1. The topological polar surface area (TPSA) is 103 Å². The maximum Gasteiger partial charge on any atom is 0.328 e. The Labute approximate surface area is 189 Å². The standard InChI is InChI=1S/C23H27FN6O3/c1-4-30-22(32)20-16(24)11-15(12-18(20)27-23(30)33)13-28-7-9-29(10-8-28)19-6-5-17(21(31)25-3)26-14(19)2/h5-6,11-12H,4,7-10,13H2,1-3H3,(H,25,31)(H,27,33). The Kier molecular flexibility index (Phi) is 6.28. The van der Waals surface area contributed by atoms with Gasteiger partial charge in [-0.15, -0.1) is 0 Å². The molecule has 1 aliphatic rings. The molecule has 4 rings (SSSR count). The fourth-order valence-corrected chi connectivity index (χ4v) is 4.31. The van der Waals surface area contributed by atoms with Crippen molar-refractivity contribution in [1.29, 1.82) is 0 Å². The van der Waals surface area contributed by atoms with E-state index in [0.29, 0.717) is 17.8 Å². The van der Waals surface area contributed by atoms with Crippen LogP contribution in [0.3, 0.4) is 0 Å². The molecule has 10 heteroatoms. The van der Waals surface area contributed by atoms with E-state index in [1.165, 1.54) is 6.07 Å². The van der Waals surface area contributed by atoms with E-state index < -0.39 is 17.1 Å². The van der Waals surface area contributed by atoms with Gasteiger partial charge in [-0.1, -0.05) is 0 Å². The first-order valence-electron chi connectivity index (χ1n) is 10.9. The number of halogens is 1. The highest BCUT2D eigenvalue weighted by Gasteiger charge is 2.21. The molecule has 1 aliphatic heterocycles. The average molecular weight is 455 g/mol. The molecule has 0 aliphatic carbocycles. The SMILES string of the molecule is CCn1c(=O)[nH]c2cc(CN3CCN(c4ccc(C(=O)NC)nc4C)CC3)cc(F)c2c1=O. The number of hydrogen-bond donors (Lipinski definition) is 2. The van der Waals surface area contributed by atoms with Crippen molar-refractivity contribution in [3.8, 4) is 0 Å². The molecule has 0 unspecified atom stereocenters. The van der Waals surface area contributed by atoms with Gasteiger partial charge in [-0.3, -0.25) is 19.1 Å². The summed E-state index contributed by atoms with van der Waals surface area (Å²) < 4.78 is 15.7. The van der Waals surface area contributed by atoms with Crippen LogP contribution in [0.15, 0.2) is 33.9 Å². The quantitative estimate of drug-likeness (QED) is 0.601. The minimum absolute atomic E-state index is 0.0896. The summed E-state index contributed by atoms with van der Waals surface area (Å²) in [6.07, 6.45) is 0. The van der Waals surface area contributed by atoms with E-state index in [-0.39, 0.29) is 23.4 Å². The third-order valence-corrected chi connectivity index (χ3v) is 6.05. The van der Waals surface area contributed by atoms with Crippen molar-refractivity contribution in [1.82, 2.24) is 24.8 Å². The van der Waals surface area contributed by atoms with Crippen molar-refractivity contribution in [2.45, 2.75) is 26.9 Å². The number of rotatable bonds is 5. The van der Waals surface area contributed by atoms with Crippen LogP contribution >= 0.6 is 0 Å². The van der Waals surface area contributed by atoms with Crippen molar-refractivity contribution in [3.05, 3.63) is 67.9 Å². The van der Waals surface area contributed by atoms with Crippen molar-refractivity contribution in [2.75, 3.05) is 38.1 Å². The van der Waals surface area contributed by atoms with Crippen molar-refractivity contribution >= 4 is 22.5 Å². The number of aromatic amines is 1. The average Bonchev–Trinajstić information content (AvgIpc) is 2.79. The molecule has 9 nitrogen and oxygen atoms in total. The second-order valence-corrected chi connectivity index (χ2v) is 8.12. The van der Waals surface area contributed by atoms with Gasteiger partial charge in [0.25, 0.3) is 11.5 Å². The fraction of sp³-hybridized carbons (Fsp3) is 0.391. The van der Waals surface area contributed by atoms with E-state index in [2.05, 4.69) is 25.1 Å². The van der Waals surface area contributed by atoms with Crippen LogP contribution in [0.1, 0.15) is 28.7 Å². The van der Waals surface area contributed by atoms with Crippen LogP contribution in [0.5, 0.6) is 0 Å². The summed E-state index contributed by atoms with van der Waals surface area (Å²) in [5, 5.41) is 2.49. The lowest BCUT2D eigenvalue weighted by molar-refractivity contribution is 0.0958. The van der Waals surface area contributed by atoms with Gasteiger partial charge in [-0.05, 0) is 43.7 Å². The summed E-state index contributed by atoms with van der Waals surface area (Å²) in [5.74, 6) is -0.838. The molecule has 1 saturated heterocycles. The minimum Gasteiger partial charge on any atom is -0.368 e. The van der Waals surface area contributed by atoms with Gasteiger partial charge >= 0.3 is 5.69 Å². The first kappa shape index (κ1) is 22.7. The molecule has 3 heterocycles. The zero-order valence-electron chi connectivity index (χ0n) is 18.9. The molecular weight excluding hydrogens is 427 g/mol. The molecule has 1 aromatic carbocycles. The molecule has 0 radical (unpaired) electrons. The zero-order valence-corrected chi connectivity index (χ0v) is 18.9. The number of pyridine rings is 1. The normalized spacial score (nSPS) is 14.6. The number of aromatic nitrogens is 3. The van der Waals surface area contributed by atoms with Gasteiger partial charge in [0.05, 0.1) is 22.3 Å². The zero-order chi connectivity index (χ0) is 23.7. The number of fused-ring (bicyclic) bond motifs is 1. The van der Waals surface area contributed by atoms with Crippen LogP contribution in [-0.4, -0.2) is 58.6 Å². The molecule has 0 spiro atoms. The lowest BCUT2D eigenvalue weighted by Gasteiger charge is -2.36. The molecule has 3 aromatic rings. The van der Waals surface area contributed by atoms with Gasteiger partial charge in [0.1, 0.15) is 11.5 Å². The number of hydrogen-bond acceptors (Lipinski definition) is 6. The number of amides is 1. The molecule has 0 bridgehead atoms. The Morgan fingerprint density at radius 3 is 2.55 bits per heavy atom. The van der Waals surface area contributed by atoms with Gasteiger partial charge in [0, 0.05) is 46.3 Å². The summed E-state index contributed by atoms with van der Waals surface area (Å²) in [4.78, 5) is 47.8. The summed E-state index contributed by atoms with van der Waals surface area (Å²) in [5.41, 5.74) is 1.95. The van der Waals surface area contributed by atoms with E-state index >= 15 is 0 Å². The predicted molar refractivity (Wildman–Crippen MR) is 124 cm³/mol. The summed E-state index contributed by atoms with van der Waals surface area (Å²) in [6.45, 7) is 7.27. The first-order chi connectivity index (χ1) is 15.8. The van der Waals surface area contributed by atoms with Crippen LogP contribution < -0.4 is 21.5 Å². The number of nitrogens with zero attached hydrogens (tertiary/aromatic N) is 4.